The summed E-state index contributed by atoms with van der Waals surface area (Å²) in [5.41, 5.74) is 1.07. The summed E-state index contributed by atoms with van der Waals surface area (Å²) in [6.07, 6.45) is 1.83. The van der Waals surface area contributed by atoms with Gasteiger partial charge in [-0.1, -0.05) is 11.6 Å². The van der Waals surface area contributed by atoms with E-state index < -0.39 is 0 Å². The molecule has 11 heavy (non-hydrogen) atoms. The van der Waals surface area contributed by atoms with Gasteiger partial charge < -0.3 is 0 Å². The van der Waals surface area contributed by atoms with Crippen LogP contribution in [-0.4, -0.2) is 9.78 Å². The van der Waals surface area contributed by atoms with Crippen LogP contribution in [0.4, 0.5) is 0 Å². The molecule has 0 radical (unpaired) electrons. The fourth-order valence-electron chi connectivity index (χ4n) is 1.12. The lowest BCUT2D eigenvalue weighted by Crippen LogP contribution is -1.87. The third-order valence-corrected chi connectivity index (χ3v) is 1.95. The first-order chi connectivity index (χ1) is 5.27. The Hall–Kier alpha value is -1.02. The molecule has 3 heteroatoms. The molecule has 2 rings (SSSR count). The van der Waals surface area contributed by atoms with Gasteiger partial charge in [-0.3, -0.25) is 4.68 Å². The highest BCUT2D eigenvalue weighted by Gasteiger charge is 1.97. The third-order valence-electron chi connectivity index (χ3n) is 1.71. The molecule has 56 valence electrons. The van der Waals surface area contributed by atoms with Crippen molar-refractivity contribution in [3.8, 4) is 0 Å². The van der Waals surface area contributed by atoms with Crippen LogP contribution in [0.1, 0.15) is 0 Å². The van der Waals surface area contributed by atoms with E-state index in [0.717, 1.165) is 15.9 Å². The summed E-state index contributed by atoms with van der Waals surface area (Å²) < 4.78 is 1.81. The molecule has 0 aliphatic rings. The molecule has 0 fully saturated rings. The molecule has 0 saturated carbocycles. The highest BCUT2D eigenvalue weighted by molar-refractivity contribution is 6.31. The van der Waals surface area contributed by atoms with Crippen molar-refractivity contribution in [3.05, 3.63) is 29.4 Å². The van der Waals surface area contributed by atoms with Gasteiger partial charge in [-0.25, -0.2) is 0 Å². The second-order valence-corrected chi connectivity index (χ2v) is 2.91. The number of rotatable bonds is 0. The minimum atomic E-state index is 0.751. The smallest absolute Gasteiger partial charge is 0.0693 e. The molecule has 0 N–H and O–H groups in total. The summed E-state index contributed by atoms with van der Waals surface area (Å²) in [6, 6.07) is 5.74. The molecule has 1 aromatic heterocycles. The Labute approximate surface area is 69.4 Å². The zero-order valence-electron chi connectivity index (χ0n) is 6.08. The van der Waals surface area contributed by atoms with Gasteiger partial charge >= 0.3 is 0 Å². The van der Waals surface area contributed by atoms with E-state index in [1.54, 1.807) is 4.68 Å². The van der Waals surface area contributed by atoms with Crippen molar-refractivity contribution in [1.82, 2.24) is 9.78 Å². The maximum Gasteiger partial charge on any atom is 0.0693 e. The largest absolute Gasteiger partial charge is 0.268 e. The molecule has 1 aromatic carbocycles. The average molecular weight is 167 g/mol. The molecule has 2 nitrogen and oxygen atoms in total. The van der Waals surface area contributed by atoms with Gasteiger partial charge in [0.1, 0.15) is 0 Å². The van der Waals surface area contributed by atoms with E-state index in [-0.39, 0.29) is 0 Å². The van der Waals surface area contributed by atoms with Crippen LogP contribution in [0.3, 0.4) is 0 Å². The summed E-state index contributed by atoms with van der Waals surface area (Å²) in [4.78, 5) is 0. The van der Waals surface area contributed by atoms with Crippen molar-refractivity contribution in [1.29, 1.82) is 0 Å². The van der Waals surface area contributed by atoms with E-state index in [1.165, 1.54) is 0 Å². The molecule has 0 saturated heterocycles. The van der Waals surface area contributed by atoms with Crippen LogP contribution in [0, 0.1) is 0 Å². The van der Waals surface area contributed by atoms with Crippen LogP contribution in [0.5, 0.6) is 0 Å². The number of benzene rings is 1. The second-order valence-electron chi connectivity index (χ2n) is 2.47. The highest BCUT2D eigenvalue weighted by Crippen LogP contribution is 2.17. The first-order valence-electron chi connectivity index (χ1n) is 3.34. The van der Waals surface area contributed by atoms with Crippen molar-refractivity contribution in [2.75, 3.05) is 0 Å². The third kappa shape index (κ3) is 0.994. The Bertz CT molecular complexity index is 392. The van der Waals surface area contributed by atoms with Gasteiger partial charge in [-0.15, -0.1) is 0 Å². The van der Waals surface area contributed by atoms with Gasteiger partial charge in [0.2, 0.25) is 0 Å². The fourth-order valence-corrected chi connectivity index (χ4v) is 1.28. The Kier molecular flexibility index (Phi) is 1.36. The monoisotopic (exact) mass is 166 g/mol. The van der Waals surface area contributed by atoms with E-state index in [0.29, 0.717) is 0 Å². The Morgan fingerprint density at radius 1 is 1.45 bits per heavy atom. The molecule has 2 aromatic rings. The van der Waals surface area contributed by atoms with Gasteiger partial charge in [-0.2, -0.15) is 5.10 Å². The summed E-state index contributed by atoms with van der Waals surface area (Å²) in [6.45, 7) is 0. The summed E-state index contributed by atoms with van der Waals surface area (Å²) >= 11 is 5.81. The van der Waals surface area contributed by atoms with E-state index in [4.69, 9.17) is 11.6 Å². The fraction of sp³-hybridized carbons (Fsp3) is 0.125. The van der Waals surface area contributed by atoms with Crippen molar-refractivity contribution in [2.45, 2.75) is 0 Å². The summed E-state index contributed by atoms with van der Waals surface area (Å²) in [5, 5.41) is 5.97. The van der Waals surface area contributed by atoms with E-state index >= 15 is 0 Å². The predicted octanol–water partition coefficient (Wildman–Crippen LogP) is 2.23. The Balaban J connectivity index is 2.87. The van der Waals surface area contributed by atoms with Crippen molar-refractivity contribution in [2.24, 2.45) is 7.05 Å². The first kappa shape index (κ1) is 6.68. The van der Waals surface area contributed by atoms with E-state index in [1.807, 2.05) is 31.4 Å². The van der Waals surface area contributed by atoms with Gasteiger partial charge in [0.25, 0.3) is 0 Å². The molecule has 0 atom stereocenters. The lowest BCUT2D eigenvalue weighted by Gasteiger charge is -1.93. The van der Waals surface area contributed by atoms with Crippen LogP contribution in [0.25, 0.3) is 10.9 Å². The molecule has 1 heterocycles. The number of hydrogen-bond acceptors (Lipinski definition) is 1. The number of hydrogen-bond donors (Lipinski definition) is 0. The Morgan fingerprint density at radius 3 is 3.09 bits per heavy atom. The van der Waals surface area contributed by atoms with Crippen LogP contribution in [-0.2, 0) is 7.05 Å². The minimum Gasteiger partial charge on any atom is -0.268 e. The van der Waals surface area contributed by atoms with Crippen LogP contribution >= 0.6 is 11.6 Å². The summed E-state index contributed by atoms with van der Waals surface area (Å²) in [5.74, 6) is 0. The predicted molar refractivity (Wildman–Crippen MR) is 45.7 cm³/mol. The highest BCUT2D eigenvalue weighted by atomic mass is 35.5. The lowest BCUT2D eigenvalue weighted by molar-refractivity contribution is 0.797. The zero-order valence-corrected chi connectivity index (χ0v) is 6.84. The van der Waals surface area contributed by atoms with Crippen molar-refractivity contribution in [3.63, 3.8) is 0 Å². The van der Waals surface area contributed by atoms with Crippen LogP contribution < -0.4 is 0 Å². The molecule has 0 spiro atoms. The SMILES string of the molecule is Cn1ncc2ccc(Cl)cc21. The summed E-state index contributed by atoms with van der Waals surface area (Å²) in [7, 11) is 1.90. The topological polar surface area (TPSA) is 17.8 Å². The molecule has 0 unspecified atom stereocenters. The van der Waals surface area contributed by atoms with E-state index in [9.17, 15) is 0 Å². The van der Waals surface area contributed by atoms with Crippen LogP contribution in [0.15, 0.2) is 24.4 Å². The number of nitrogens with zero attached hydrogens (tertiary/aromatic N) is 2. The molecule has 0 amide bonds. The van der Waals surface area contributed by atoms with E-state index in [2.05, 4.69) is 5.10 Å². The van der Waals surface area contributed by atoms with Gasteiger partial charge in [-0.05, 0) is 18.2 Å². The normalized spacial score (nSPS) is 10.7. The van der Waals surface area contributed by atoms with Crippen molar-refractivity contribution < 1.29 is 0 Å². The number of aryl methyl sites for hydroxylation is 1. The zero-order chi connectivity index (χ0) is 7.84. The van der Waals surface area contributed by atoms with Crippen molar-refractivity contribution >= 4 is 22.5 Å². The van der Waals surface area contributed by atoms with Crippen LogP contribution in [0.2, 0.25) is 5.02 Å². The molecular weight excluding hydrogens is 160 g/mol. The Morgan fingerprint density at radius 2 is 2.27 bits per heavy atom. The lowest BCUT2D eigenvalue weighted by atomic mass is 10.3. The molecular formula is C8H7ClN2. The number of fused-ring (bicyclic) bond motifs is 1. The molecule has 0 bridgehead atoms. The number of aromatic nitrogens is 2. The quantitative estimate of drug-likeness (QED) is 0.587. The van der Waals surface area contributed by atoms with Gasteiger partial charge in [0.15, 0.2) is 0 Å². The molecule has 0 aliphatic heterocycles. The average Bonchev–Trinajstić information content (AvgIpc) is 2.33. The second kappa shape index (κ2) is 2.24. The minimum absolute atomic E-state index is 0.751. The maximum absolute atomic E-state index is 5.81. The van der Waals surface area contributed by atoms with Gasteiger partial charge in [0, 0.05) is 17.5 Å². The first-order valence-corrected chi connectivity index (χ1v) is 3.72. The number of halogens is 1. The van der Waals surface area contributed by atoms with Gasteiger partial charge in [0.05, 0.1) is 11.7 Å². The standard InChI is InChI=1S/C8H7ClN2/c1-11-8-4-7(9)3-2-6(8)5-10-11/h2-5H,1H3. The maximum atomic E-state index is 5.81. The molecule has 0 aliphatic carbocycles.